The molecule has 0 aliphatic carbocycles. The summed E-state index contributed by atoms with van der Waals surface area (Å²) in [5.41, 5.74) is -0.680. The third-order valence-electron chi connectivity index (χ3n) is 4.59. The van der Waals surface area contributed by atoms with Gasteiger partial charge in [0.1, 0.15) is 11.4 Å². The lowest BCUT2D eigenvalue weighted by Gasteiger charge is -2.38. The summed E-state index contributed by atoms with van der Waals surface area (Å²) in [6.45, 7) is 7.44. The van der Waals surface area contributed by atoms with E-state index in [4.69, 9.17) is 4.74 Å². The Hall–Kier alpha value is -2.70. The van der Waals surface area contributed by atoms with E-state index in [0.29, 0.717) is 23.7 Å². The molecule has 144 valence electrons. The number of likely N-dealkylation sites (N-methyl/N-ethyl adjacent to an activating group) is 1. The number of pyridine rings is 1. The summed E-state index contributed by atoms with van der Waals surface area (Å²) in [6.07, 6.45) is -2.95. The fourth-order valence-corrected chi connectivity index (χ4v) is 3.44. The molecule has 0 bridgehead atoms. The van der Waals surface area contributed by atoms with E-state index in [-0.39, 0.29) is 16.7 Å². The highest BCUT2D eigenvalue weighted by Gasteiger charge is 2.40. The number of nitrogens with one attached hydrogen (secondary N) is 1. The van der Waals surface area contributed by atoms with Crippen LogP contribution in [0.5, 0.6) is 5.75 Å². The van der Waals surface area contributed by atoms with E-state index in [9.17, 15) is 18.0 Å². The Morgan fingerprint density at radius 1 is 1.19 bits per heavy atom. The van der Waals surface area contributed by atoms with Crippen LogP contribution in [-0.2, 0) is 6.18 Å². The van der Waals surface area contributed by atoms with Gasteiger partial charge in [-0.2, -0.15) is 13.2 Å². The van der Waals surface area contributed by atoms with Crippen molar-refractivity contribution in [3.63, 3.8) is 0 Å². The number of alkyl halides is 3. The van der Waals surface area contributed by atoms with Gasteiger partial charge in [-0.1, -0.05) is 6.07 Å². The van der Waals surface area contributed by atoms with Crippen molar-refractivity contribution in [2.24, 2.45) is 0 Å². The van der Waals surface area contributed by atoms with Gasteiger partial charge in [-0.25, -0.2) is 0 Å². The number of halogens is 3. The number of rotatable bonds is 3. The number of aromatic nitrogens is 1. The molecule has 0 spiro atoms. The number of benzene rings is 1. The molecule has 3 rings (SSSR count). The summed E-state index contributed by atoms with van der Waals surface area (Å²) in [7, 11) is 0. The summed E-state index contributed by atoms with van der Waals surface area (Å²) in [4.78, 5) is 12.5. The maximum Gasteiger partial charge on any atom is 0.416 e. The molecule has 0 amide bonds. The second-order valence-electron chi connectivity index (χ2n) is 6.88. The average molecular weight is 378 g/mol. The molecule has 1 aromatic carbocycles. The van der Waals surface area contributed by atoms with E-state index in [2.05, 4.69) is 5.32 Å². The Morgan fingerprint density at radius 3 is 2.48 bits per heavy atom. The first-order valence-electron chi connectivity index (χ1n) is 8.64. The van der Waals surface area contributed by atoms with Crippen LogP contribution in [0.1, 0.15) is 37.5 Å². The minimum absolute atomic E-state index is 0.0247. The smallest absolute Gasteiger partial charge is 0.416 e. The second kappa shape index (κ2) is 6.48. The van der Waals surface area contributed by atoms with Gasteiger partial charge in [0.2, 0.25) is 0 Å². The molecule has 0 saturated carbocycles. The molecular weight excluding hydrogens is 357 g/mol. The maximum atomic E-state index is 13.5. The zero-order valence-corrected chi connectivity index (χ0v) is 15.6. The molecule has 1 N–H and O–H groups in total. The molecule has 0 radical (unpaired) electrons. The van der Waals surface area contributed by atoms with Crippen LogP contribution in [-0.4, -0.2) is 16.7 Å². The predicted octanol–water partition coefficient (Wildman–Crippen LogP) is 4.17. The maximum absolute atomic E-state index is 13.5. The molecule has 0 saturated heterocycles. The Balaban J connectivity index is 2.45. The van der Waals surface area contributed by atoms with E-state index in [1.54, 1.807) is 18.3 Å². The fraction of sp³-hybridized carbons (Fsp3) is 0.350. The summed E-state index contributed by atoms with van der Waals surface area (Å²) in [6, 6.07) is 6.98. The zero-order valence-electron chi connectivity index (χ0n) is 15.6. The molecule has 4 nitrogen and oxygen atoms in total. The van der Waals surface area contributed by atoms with Gasteiger partial charge in [0.15, 0.2) is 0 Å². The van der Waals surface area contributed by atoms with Crippen molar-refractivity contribution in [3.8, 4) is 5.75 Å². The van der Waals surface area contributed by atoms with Crippen molar-refractivity contribution in [2.75, 3.05) is 6.54 Å². The molecular formula is C20H21F3N2O2. The van der Waals surface area contributed by atoms with Gasteiger partial charge in [0, 0.05) is 24.4 Å². The molecule has 0 atom stereocenters. The van der Waals surface area contributed by atoms with E-state index in [1.165, 1.54) is 23.6 Å². The largest absolute Gasteiger partial charge is 0.481 e. The highest BCUT2D eigenvalue weighted by molar-refractivity contribution is 5.79. The van der Waals surface area contributed by atoms with Crippen molar-refractivity contribution in [2.45, 2.75) is 39.5 Å². The zero-order chi connectivity index (χ0) is 20.0. The Morgan fingerprint density at radius 2 is 1.89 bits per heavy atom. The van der Waals surface area contributed by atoms with Crippen LogP contribution in [0.25, 0.3) is 5.70 Å². The van der Waals surface area contributed by atoms with Gasteiger partial charge in [0.25, 0.3) is 5.56 Å². The van der Waals surface area contributed by atoms with E-state index < -0.39 is 17.3 Å². The Labute approximate surface area is 155 Å². The van der Waals surface area contributed by atoms with E-state index in [0.717, 1.165) is 6.07 Å². The lowest BCUT2D eigenvalue weighted by Crippen LogP contribution is -2.43. The van der Waals surface area contributed by atoms with Crippen LogP contribution >= 0.6 is 0 Å². The number of hydrogen-bond donors (Lipinski definition) is 1. The first-order chi connectivity index (χ1) is 12.6. The van der Waals surface area contributed by atoms with Crippen LogP contribution in [0.3, 0.4) is 0 Å². The summed E-state index contributed by atoms with van der Waals surface area (Å²) >= 11 is 0. The Bertz CT molecular complexity index is 972. The van der Waals surface area contributed by atoms with Gasteiger partial charge in [0.05, 0.1) is 17.0 Å². The lowest BCUT2D eigenvalue weighted by atomic mass is 9.90. The molecule has 1 aliphatic heterocycles. The first kappa shape index (κ1) is 19.1. The van der Waals surface area contributed by atoms with Crippen molar-refractivity contribution in [1.82, 2.24) is 9.88 Å². The van der Waals surface area contributed by atoms with Gasteiger partial charge < -0.3 is 10.1 Å². The van der Waals surface area contributed by atoms with Gasteiger partial charge in [-0.3, -0.25) is 9.36 Å². The SMILES string of the molecule is CCNC1=C(n2ccccc2=O)c2c(ccc(C(F)(F)F)c2C)OC1(C)C. The van der Waals surface area contributed by atoms with Gasteiger partial charge in [-0.15, -0.1) is 0 Å². The highest BCUT2D eigenvalue weighted by Crippen LogP contribution is 2.45. The van der Waals surface area contributed by atoms with Crippen molar-refractivity contribution >= 4 is 5.70 Å². The Kier molecular flexibility index (Phi) is 4.57. The molecule has 7 heteroatoms. The standard InChI is InChI=1S/C20H21F3N2O2/c1-5-24-18-17(25-11-7-6-8-15(25)26)16-12(2)13(20(21,22)23)9-10-14(16)27-19(18,3)4/h6-11,24H,5H2,1-4H3. The molecule has 2 heterocycles. The molecule has 1 aromatic heterocycles. The summed E-state index contributed by atoms with van der Waals surface area (Å²) < 4.78 is 47.8. The molecule has 0 unspecified atom stereocenters. The normalized spacial score (nSPS) is 16.0. The highest BCUT2D eigenvalue weighted by atomic mass is 19.4. The number of hydrogen-bond acceptors (Lipinski definition) is 3. The lowest BCUT2D eigenvalue weighted by molar-refractivity contribution is -0.138. The van der Waals surface area contributed by atoms with E-state index in [1.807, 2.05) is 20.8 Å². The molecule has 1 aliphatic rings. The molecule has 2 aromatic rings. The summed E-state index contributed by atoms with van der Waals surface area (Å²) in [5.74, 6) is 0.318. The number of fused-ring (bicyclic) bond motifs is 1. The van der Waals surface area contributed by atoms with Crippen LogP contribution < -0.4 is 15.6 Å². The third kappa shape index (κ3) is 3.22. The number of nitrogens with zero attached hydrogens (tertiary/aromatic N) is 1. The minimum atomic E-state index is -4.50. The fourth-order valence-electron chi connectivity index (χ4n) is 3.44. The third-order valence-corrected chi connectivity index (χ3v) is 4.59. The minimum Gasteiger partial charge on any atom is -0.481 e. The second-order valence-corrected chi connectivity index (χ2v) is 6.88. The van der Waals surface area contributed by atoms with Gasteiger partial charge in [-0.05, 0) is 51.5 Å². The van der Waals surface area contributed by atoms with Crippen molar-refractivity contribution in [1.29, 1.82) is 0 Å². The molecule has 0 fully saturated rings. The van der Waals surface area contributed by atoms with Crippen molar-refractivity contribution < 1.29 is 17.9 Å². The van der Waals surface area contributed by atoms with Crippen LogP contribution in [0, 0.1) is 6.92 Å². The predicted molar refractivity (Wildman–Crippen MR) is 97.6 cm³/mol. The summed E-state index contributed by atoms with van der Waals surface area (Å²) in [5, 5.41) is 3.19. The van der Waals surface area contributed by atoms with Gasteiger partial charge >= 0.3 is 6.18 Å². The van der Waals surface area contributed by atoms with Crippen LogP contribution in [0.15, 0.2) is 47.0 Å². The first-order valence-corrected chi connectivity index (χ1v) is 8.64. The quantitative estimate of drug-likeness (QED) is 0.872. The van der Waals surface area contributed by atoms with Crippen LogP contribution in [0.4, 0.5) is 13.2 Å². The molecule has 27 heavy (non-hydrogen) atoms. The monoisotopic (exact) mass is 378 g/mol. The van der Waals surface area contributed by atoms with Crippen molar-refractivity contribution in [3.05, 3.63) is 69.3 Å². The number of ether oxygens (including phenoxy) is 1. The van der Waals surface area contributed by atoms with E-state index >= 15 is 0 Å². The average Bonchev–Trinajstić information content (AvgIpc) is 2.55. The van der Waals surface area contributed by atoms with Crippen LogP contribution in [0.2, 0.25) is 0 Å². The topological polar surface area (TPSA) is 43.3 Å².